The molecule has 0 spiro atoms. The molecule has 7 amide bonds. The summed E-state index contributed by atoms with van der Waals surface area (Å²) in [4.78, 5) is 112. The van der Waals surface area contributed by atoms with Crippen LogP contribution in [0.4, 0.5) is 0 Å². The van der Waals surface area contributed by atoms with Gasteiger partial charge in [-0.1, -0.05) is 91.1 Å². The van der Waals surface area contributed by atoms with Crippen molar-refractivity contribution in [3.63, 3.8) is 0 Å². The Morgan fingerprint density at radius 2 is 1.46 bits per heavy atom. The number of rotatable bonds is 27. The van der Waals surface area contributed by atoms with Gasteiger partial charge in [0, 0.05) is 66.4 Å². The lowest BCUT2D eigenvalue weighted by Crippen LogP contribution is -2.60. The van der Waals surface area contributed by atoms with E-state index in [9.17, 15) is 43.5 Å². The summed E-state index contributed by atoms with van der Waals surface area (Å²) in [5.74, 6) is -5.24. The molecule has 1 aromatic carbocycles. The Morgan fingerprint density at radius 1 is 0.836 bits per heavy atom. The largest absolute Gasteiger partial charge is 0.480 e. The highest BCUT2D eigenvalue weighted by molar-refractivity contribution is 6.12. The molecule has 0 bridgehead atoms. The fourth-order valence-electron chi connectivity index (χ4n) is 9.37. The lowest BCUT2D eigenvalue weighted by atomic mass is 9.89. The third-order valence-electron chi connectivity index (χ3n) is 13.5. The zero-order valence-electron chi connectivity index (χ0n) is 41.9. The molecule has 67 heavy (non-hydrogen) atoms. The minimum atomic E-state index is -1.16. The Hall–Kier alpha value is -5.16. The summed E-state index contributed by atoms with van der Waals surface area (Å²) in [6.45, 7) is 15.6. The normalized spacial score (nSPS) is 18.6. The van der Waals surface area contributed by atoms with Crippen LogP contribution in [0.5, 0.6) is 0 Å². The van der Waals surface area contributed by atoms with E-state index in [-0.39, 0.29) is 73.1 Å². The van der Waals surface area contributed by atoms with Crippen molar-refractivity contribution in [1.29, 1.82) is 0 Å². The number of carbonyl (C=O) groups excluding carboxylic acids is 7. The number of aliphatic carboxylic acids is 1. The van der Waals surface area contributed by atoms with Crippen molar-refractivity contribution in [2.45, 2.75) is 156 Å². The average Bonchev–Trinajstić information content (AvgIpc) is 3.90. The van der Waals surface area contributed by atoms with Gasteiger partial charge in [0.15, 0.2) is 0 Å². The first-order valence-corrected chi connectivity index (χ1v) is 23.9. The number of aryl methyl sites for hydroxylation is 1. The van der Waals surface area contributed by atoms with Crippen LogP contribution >= 0.6 is 0 Å². The number of carboxylic acid groups (broad SMARTS) is 1. The van der Waals surface area contributed by atoms with Crippen molar-refractivity contribution >= 4 is 47.3 Å². The van der Waals surface area contributed by atoms with Gasteiger partial charge in [-0.25, -0.2) is 4.79 Å². The number of nitrogens with one attached hydrogen (secondary N) is 2. The molecule has 0 aliphatic carbocycles. The molecule has 3 rings (SSSR count). The van der Waals surface area contributed by atoms with Crippen LogP contribution in [0.15, 0.2) is 36.4 Å². The van der Waals surface area contributed by atoms with Gasteiger partial charge in [0.1, 0.15) is 18.1 Å². The summed E-state index contributed by atoms with van der Waals surface area (Å²) in [6, 6.07) is 3.37. The Morgan fingerprint density at radius 3 is 2.00 bits per heavy atom. The third-order valence-corrected chi connectivity index (χ3v) is 13.5. The van der Waals surface area contributed by atoms with E-state index in [1.807, 2.05) is 72.7 Å². The van der Waals surface area contributed by atoms with Gasteiger partial charge < -0.3 is 39.9 Å². The predicted molar refractivity (Wildman–Crippen MR) is 253 cm³/mol. The molecule has 2 heterocycles. The van der Waals surface area contributed by atoms with E-state index in [0.29, 0.717) is 45.1 Å². The number of methoxy groups -OCH3 is 2. The first-order chi connectivity index (χ1) is 31.6. The average molecular weight is 939 g/mol. The van der Waals surface area contributed by atoms with E-state index in [2.05, 4.69) is 10.6 Å². The van der Waals surface area contributed by atoms with Gasteiger partial charge in [-0.15, -0.1) is 0 Å². The quantitative estimate of drug-likeness (QED) is 0.0843. The molecule has 0 saturated carbocycles. The fourth-order valence-corrected chi connectivity index (χ4v) is 9.37. The highest BCUT2D eigenvalue weighted by Crippen LogP contribution is 2.30. The molecular weight excluding hydrogens is 861 g/mol. The van der Waals surface area contributed by atoms with E-state index in [1.54, 1.807) is 30.8 Å². The van der Waals surface area contributed by atoms with E-state index in [4.69, 9.17) is 9.47 Å². The fraction of sp³-hybridized carbons (Fsp3) is 0.680. The van der Waals surface area contributed by atoms with Crippen molar-refractivity contribution in [1.82, 2.24) is 30.2 Å². The minimum Gasteiger partial charge on any atom is -0.480 e. The summed E-state index contributed by atoms with van der Waals surface area (Å²) in [7, 11) is 6.21. The number of likely N-dealkylation sites (N-methyl/N-ethyl adjacent to an activating group) is 2. The number of hydrogen-bond acceptors (Lipinski definition) is 10. The van der Waals surface area contributed by atoms with Gasteiger partial charge >= 0.3 is 5.97 Å². The second kappa shape index (κ2) is 26.4. The predicted octanol–water partition coefficient (Wildman–Crippen LogP) is 4.14. The highest BCUT2D eigenvalue weighted by Gasteiger charge is 2.44. The molecule has 17 nitrogen and oxygen atoms in total. The van der Waals surface area contributed by atoms with Gasteiger partial charge in [-0.3, -0.25) is 38.5 Å². The number of benzene rings is 1. The zero-order chi connectivity index (χ0) is 50.3. The Kier molecular flexibility index (Phi) is 22.1. The highest BCUT2D eigenvalue weighted by atomic mass is 16.5. The van der Waals surface area contributed by atoms with Crippen LogP contribution < -0.4 is 10.6 Å². The van der Waals surface area contributed by atoms with Crippen LogP contribution in [0.2, 0.25) is 0 Å². The van der Waals surface area contributed by atoms with Gasteiger partial charge in [-0.2, -0.15) is 0 Å². The maximum Gasteiger partial charge on any atom is 0.326 e. The van der Waals surface area contributed by atoms with Crippen LogP contribution in [0, 0.1) is 30.6 Å². The smallest absolute Gasteiger partial charge is 0.326 e. The van der Waals surface area contributed by atoms with E-state index in [0.717, 1.165) is 11.1 Å². The Labute approximate surface area is 397 Å². The van der Waals surface area contributed by atoms with Gasteiger partial charge in [-0.05, 0) is 55.9 Å². The first kappa shape index (κ1) is 56.2. The Balaban J connectivity index is 1.71. The monoisotopic (exact) mass is 939 g/mol. The lowest BCUT2D eigenvalue weighted by Gasteiger charge is -2.41. The summed E-state index contributed by atoms with van der Waals surface area (Å²) < 4.78 is 11.9. The number of imide groups is 1. The number of likely N-dealkylation sites (tertiary alicyclic amines) is 1. The molecule has 374 valence electrons. The third kappa shape index (κ3) is 15.2. The van der Waals surface area contributed by atoms with Crippen molar-refractivity contribution in [2.24, 2.45) is 23.7 Å². The number of carbonyl (C=O) groups is 8. The van der Waals surface area contributed by atoms with Crippen molar-refractivity contribution < 1.29 is 52.9 Å². The van der Waals surface area contributed by atoms with Gasteiger partial charge in [0.25, 0.3) is 11.8 Å². The molecule has 0 radical (unpaired) electrons. The summed E-state index contributed by atoms with van der Waals surface area (Å²) >= 11 is 0. The van der Waals surface area contributed by atoms with E-state index < -0.39 is 66.1 Å². The topological polar surface area (TPSA) is 212 Å². The van der Waals surface area contributed by atoms with Crippen LogP contribution in [-0.2, 0) is 54.3 Å². The number of hydrogen-bond donors (Lipinski definition) is 3. The second-order valence-corrected chi connectivity index (χ2v) is 19.1. The van der Waals surface area contributed by atoms with E-state index in [1.165, 1.54) is 36.2 Å². The lowest BCUT2D eigenvalue weighted by molar-refractivity contribution is -0.149. The maximum absolute atomic E-state index is 14.6. The second-order valence-electron chi connectivity index (χ2n) is 19.1. The van der Waals surface area contributed by atoms with Gasteiger partial charge in [0.2, 0.25) is 29.5 Å². The number of nitrogens with zero attached hydrogens (tertiary/aromatic N) is 4. The number of amides is 7. The molecule has 2 aliphatic heterocycles. The molecule has 3 N–H and O–H groups in total. The molecule has 1 saturated heterocycles. The minimum absolute atomic E-state index is 0.0823. The van der Waals surface area contributed by atoms with Crippen LogP contribution in [0.3, 0.4) is 0 Å². The van der Waals surface area contributed by atoms with Crippen LogP contribution in [-0.4, -0.2) is 156 Å². The maximum atomic E-state index is 14.6. The number of ether oxygens (including phenoxy) is 2. The standard InChI is InChI=1S/C50H78N6O11/c1-13-33(7)45(54(10)49(63)43(30(2)3)52-48(62)44(31(4)5)53(9)39(57)19-15-14-16-26-56-40(58)24-25-41(56)59)38(66-11)29-42(60)55-27-17-18-37(55)46(67-12)34(8)47(61)51-36(50(64)65)28-35-22-20-32(6)21-23-35/h20-25,30-31,33-34,36-38,43-46H,13-19,26-29H2,1-12H3,(H,51,61)(H,52,62)(H,64,65)/t33-,34+,36-,37-,38+,43-,44-,45-,46+/m0/s1. The summed E-state index contributed by atoms with van der Waals surface area (Å²) in [6.07, 6.45) is 4.71. The molecule has 1 fully saturated rings. The van der Waals surface area contributed by atoms with Crippen LogP contribution in [0.1, 0.15) is 111 Å². The zero-order valence-corrected chi connectivity index (χ0v) is 41.9. The van der Waals surface area contributed by atoms with E-state index >= 15 is 0 Å². The molecule has 17 heteroatoms. The molecule has 0 unspecified atom stereocenters. The number of unbranched alkanes of at least 4 members (excludes halogenated alkanes) is 2. The molecule has 2 aliphatic rings. The molecule has 1 aromatic rings. The van der Waals surface area contributed by atoms with Gasteiger partial charge in [0.05, 0.1) is 36.6 Å². The van der Waals surface area contributed by atoms with Crippen molar-refractivity contribution in [3.05, 3.63) is 47.5 Å². The Bertz CT molecular complexity index is 1890. The van der Waals surface area contributed by atoms with Crippen LogP contribution in [0.25, 0.3) is 0 Å². The summed E-state index contributed by atoms with van der Waals surface area (Å²) in [5, 5.41) is 15.6. The molecule has 0 aromatic heterocycles. The summed E-state index contributed by atoms with van der Waals surface area (Å²) in [5.41, 5.74) is 1.80. The molecular formula is C50H78N6O11. The first-order valence-electron chi connectivity index (χ1n) is 23.9. The SMILES string of the molecule is CC[C@H](C)[C@@H]([C@@H](CC(=O)N1CCC[C@H]1[C@H](OC)[C@@H](C)C(=O)N[C@@H](Cc1ccc(C)cc1)C(=O)O)OC)N(C)C(=O)[C@@H](NC(=O)[C@H](C(C)C)N(C)C(=O)CCCCCN1C(=O)C=CC1=O)C(C)C. The van der Waals surface area contributed by atoms with Crippen molar-refractivity contribution in [3.8, 4) is 0 Å². The molecule has 9 atom stereocenters. The number of carboxylic acids is 1. The van der Waals surface area contributed by atoms with Crippen molar-refractivity contribution in [2.75, 3.05) is 41.4 Å².